The van der Waals surface area contributed by atoms with E-state index in [2.05, 4.69) is 53.6 Å². The average molecular weight is 378 g/mol. The number of benzene rings is 1. The molecule has 1 aliphatic heterocycles. The fourth-order valence-electron chi connectivity index (χ4n) is 2.34. The van der Waals surface area contributed by atoms with E-state index in [0.717, 1.165) is 36.3 Å². The second-order valence-corrected chi connectivity index (χ2v) is 6.35. The molecule has 0 spiro atoms. The molecule has 0 radical (unpaired) electrons. The van der Waals surface area contributed by atoms with Crippen molar-refractivity contribution in [1.29, 1.82) is 0 Å². The van der Waals surface area contributed by atoms with Crippen LogP contribution in [-0.4, -0.2) is 53.1 Å². The van der Waals surface area contributed by atoms with Crippen LogP contribution in [0.5, 0.6) is 0 Å². The van der Waals surface area contributed by atoms with Gasteiger partial charge in [0.2, 0.25) is 0 Å². The van der Waals surface area contributed by atoms with Crippen molar-refractivity contribution < 1.29 is 0 Å². The standard InChI is InChI=1S/C15H20BrN7/c1-22-6-8-23(9-7-22)21-15-13(17)14(18-10-19-15)20-12-5-3-2-4-11(12)16/h2-5,10H,6-9,17H2,1H3,(H2,18,19,20,21). The van der Waals surface area contributed by atoms with Gasteiger partial charge in [-0.15, -0.1) is 0 Å². The zero-order valence-corrected chi connectivity index (χ0v) is 14.5. The molecule has 0 bridgehead atoms. The molecule has 1 aromatic heterocycles. The molecule has 0 atom stereocenters. The topological polar surface area (TPSA) is 82.3 Å². The van der Waals surface area contributed by atoms with Crippen LogP contribution in [0.1, 0.15) is 0 Å². The van der Waals surface area contributed by atoms with Crippen molar-refractivity contribution in [2.24, 2.45) is 0 Å². The minimum absolute atomic E-state index is 0.502. The Balaban J connectivity index is 1.75. The number of hydrogen-bond acceptors (Lipinski definition) is 7. The first kappa shape index (κ1) is 16.0. The summed E-state index contributed by atoms with van der Waals surface area (Å²) in [6.45, 7) is 3.87. The quantitative estimate of drug-likeness (QED) is 0.752. The highest BCUT2D eigenvalue weighted by atomic mass is 79.9. The van der Waals surface area contributed by atoms with E-state index in [0.29, 0.717) is 17.3 Å². The van der Waals surface area contributed by atoms with E-state index in [1.165, 1.54) is 6.33 Å². The number of likely N-dealkylation sites (N-methyl/N-ethyl adjacent to an activating group) is 1. The van der Waals surface area contributed by atoms with Gasteiger partial charge in [-0.25, -0.2) is 15.0 Å². The van der Waals surface area contributed by atoms with E-state index in [1.807, 2.05) is 24.3 Å². The summed E-state index contributed by atoms with van der Waals surface area (Å²) in [5.74, 6) is 1.21. The fourth-order valence-corrected chi connectivity index (χ4v) is 2.73. The molecule has 1 aromatic carbocycles. The van der Waals surface area contributed by atoms with Crippen molar-refractivity contribution in [1.82, 2.24) is 19.9 Å². The number of anilines is 4. The summed E-state index contributed by atoms with van der Waals surface area (Å²) in [5, 5.41) is 5.36. The van der Waals surface area contributed by atoms with Gasteiger partial charge in [-0.1, -0.05) is 12.1 Å². The van der Waals surface area contributed by atoms with Crippen LogP contribution in [0.25, 0.3) is 0 Å². The van der Waals surface area contributed by atoms with E-state index in [-0.39, 0.29) is 0 Å². The molecule has 2 heterocycles. The highest BCUT2D eigenvalue weighted by Gasteiger charge is 2.16. The molecule has 0 aliphatic carbocycles. The predicted molar refractivity (Wildman–Crippen MR) is 96.6 cm³/mol. The summed E-state index contributed by atoms with van der Waals surface area (Å²) in [4.78, 5) is 10.8. The molecule has 0 amide bonds. The van der Waals surface area contributed by atoms with E-state index in [9.17, 15) is 0 Å². The van der Waals surface area contributed by atoms with Crippen LogP contribution in [0.15, 0.2) is 35.1 Å². The Kier molecular flexibility index (Phi) is 4.94. The number of nitrogens with zero attached hydrogens (tertiary/aromatic N) is 4. The molecule has 0 unspecified atom stereocenters. The second-order valence-electron chi connectivity index (χ2n) is 5.49. The number of hydrazine groups is 1. The van der Waals surface area contributed by atoms with Gasteiger partial charge in [-0.05, 0) is 35.1 Å². The highest BCUT2D eigenvalue weighted by molar-refractivity contribution is 9.10. The van der Waals surface area contributed by atoms with Crippen LogP contribution in [0.2, 0.25) is 0 Å². The molecule has 1 saturated heterocycles. The lowest BCUT2D eigenvalue weighted by molar-refractivity contribution is 0.178. The largest absolute Gasteiger partial charge is 0.393 e. The predicted octanol–water partition coefficient (Wildman–Crippen LogP) is 2.14. The van der Waals surface area contributed by atoms with Gasteiger partial charge in [0.25, 0.3) is 0 Å². The van der Waals surface area contributed by atoms with Crippen LogP contribution in [0.3, 0.4) is 0 Å². The molecule has 23 heavy (non-hydrogen) atoms. The molecule has 4 N–H and O–H groups in total. The molecular weight excluding hydrogens is 358 g/mol. The number of piperazine rings is 1. The van der Waals surface area contributed by atoms with Crippen molar-refractivity contribution >= 4 is 38.9 Å². The first-order valence-electron chi connectivity index (χ1n) is 7.45. The number of nitrogens with two attached hydrogens (primary N) is 1. The first-order valence-corrected chi connectivity index (χ1v) is 8.25. The average Bonchev–Trinajstić information content (AvgIpc) is 2.55. The monoisotopic (exact) mass is 377 g/mol. The maximum absolute atomic E-state index is 6.22. The van der Waals surface area contributed by atoms with Gasteiger partial charge in [-0.2, -0.15) is 0 Å². The molecule has 1 fully saturated rings. The molecule has 122 valence electrons. The minimum atomic E-state index is 0.502. The Hall–Kier alpha value is -1.90. The maximum Gasteiger partial charge on any atom is 0.169 e. The number of rotatable bonds is 4. The molecule has 0 saturated carbocycles. The minimum Gasteiger partial charge on any atom is -0.393 e. The lowest BCUT2D eigenvalue weighted by Gasteiger charge is -2.33. The number of hydrogen-bond donors (Lipinski definition) is 3. The SMILES string of the molecule is CN1CCN(Nc2ncnc(Nc3ccccc3Br)c2N)CC1. The summed E-state index contributed by atoms with van der Waals surface area (Å²) >= 11 is 3.51. The summed E-state index contributed by atoms with van der Waals surface area (Å²) in [6.07, 6.45) is 1.51. The van der Waals surface area contributed by atoms with Gasteiger partial charge in [0.1, 0.15) is 12.0 Å². The van der Waals surface area contributed by atoms with Gasteiger partial charge >= 0.3 is 0 Å². The van der Waals surface area contributed by atoms with Crippen LogP contribution < -0.4 is 16.5 Å². The molecule has 1 aliphatic rings. The molecule has 7 nitrogen and oxygen atoms in total. The first-order chi connectivity index (χ1) is 11.1. The summed E-state index contributed by atoms with van der Waals surface area (Å²) in [6, 6.07) is 7.83. The van der Waals surface area contributed by atoms with Gasteiger partial charge in [0.15, 0.2) is 11.6 Å². The smallest absolute Gasteiger partial charge is 0.169 e. The van der Waals surface area contributed by atoms with Crippen molar-refractivity contribution in [2.75, 3.05) is 49.7 Å². The van der Waals surface area contributed by atoms with E-state index < -0.39 is 0 Å². The number of aromatic nitrogens is 2. The Morgan fingerprint density at radius 1 is 1.09 bits per heavy atom. The lowest BCUT2D eigenvalue weighted by Crippen LogP contribution is -2.47. The van der Waals surface area contributed by atoms with E-state index in [1.54, 1.807) is 0 Å². The van der Waals surface area contributed by atoms with E-state index >= 15 is 0 Å². The fraction of sp³-hybridized carbons (Fsp3) is 0.333. The molecule has 3 rings (SSSR count). The van der Waals surface area contributed by atoms with Crippen molar-refractivity contribution in [3.05, 3.63) is 35.1 Å². The van der Waals surface area contributed by atoms with Gasteiger partial charge in [0, 0.05) is 30.7 Å². The maximum atomic E-state index is 6.22. The Labute approximate surface area is 144 Å². The lowest BCUT2D eigenvalue weighted by atomic mass is 10.3. The van der Waals surface area contributed by atoms with Gasteiger partial charge in [0.05, 0.1) is 5.69 Å². The summed E-state index contributed by atoms with van der Waals surface area (Å²) in [5.41, 5.74) is 10.9. The zero-order chi connectivity index (χ0) is 16.2. The van der Waals surface area contributed by atoms with Gasteiger partial charge in [-0.3, -0.25) is 0 Å². The van der Waals surface area contributed by atoms with Crippen LogP contribution in [0.4, 0.5) is 23.0 Å². The van der Waals surface area contributed by atoms with Gasteiger partial charge < -0.3 is 21.4 Å². The van der Waals surface area contributed by atoms with Crippen LogP contribution in [0, 0.1) is 0 Å². The van der Waals surface area contributed by atoms with Crippen molar-refractivity contribution in [3.63, 3.8) is 0 Å². The normalized spacial score (nSPS) is 16.3. The Morgan fingerprint density at radius 2 is 1.78 bits per heavy atom. The number of nitrogen functional groups attached to an aromatic ring is 1. The number of halogens is 1. The zero-order valence-electron chi connectivity index (χ0n) is 13.0. The highest BCUT2D eigenvalue weighted by Crippen LogP contribution is 2.29. The van der Waals surface area contributed by atoms with E-state index in [4.69, 9.17) is 5.73 Å². The number of nitrogens with one attached hydrogen (secondary N) is 2. The summed E-state index contributed by atoms with van der Waals surface area (Å²) < 4.78 is 0.951. The number of para-hydroxylation sites is 1. The third kappa shape index (κ3) is 3.90. The van der Waals surface area contributed by atoms with Crippen molar-refractivity contribution in [3.8, 4) is 0 Å². The summed E-state index contributed by atoms with van der Waals surface area (Å²) in [7, 11) is 2.12. The Morgan fingerprint density at radius 3 is 2.52 bits per heavy atom. The van der Waals surface area contributed by atoms with Crippen LogP contribution >= 0.6 is 15.9 Å². The molecule has 8 heteroatoms. The second kappa shape index (κ2) is 7.12. The van der Waals surface area contributed by atoms with Crippen molar-refractivity contribution in [2.45, 2.75) is 0 Å². The Bertz CT molecular complexity index is 671. The third-order valence-electron chi connectivity index (χ3n) is 3.78. The van der Waals surface area contributed by atoms with Crippen LogP contribution in [-0.2, 0) is 0 Å². The molecule has 2 aromatic rings. The molecular formula is C15H20BrN7. The third-order valence-corrected chi connectivity index (χ3v) is 4.47.